The highest BCUT2D eigenvalue weighted by Gasteiger charge is 2.08. The van der Waals surface area contributed by atoms with Crippen molar-refractivity contribution in [2.24, 2.45) is 0 Å². The Balaban J connectivity index is 1.67. The van der Waals surface area contributed by atoms with E-state index in [2.05, 4.69) is 38.3 Å². The molecule has 0 radical (unpaired) electrons. The quantitative estimate of drug-likeness (QED) is 0.636. The number of hydrogen-bond donors (Lipinski definition) is 0. The van der Waals surface area contributed by atoms with Gasteiger partial charge in [-0.05, 0) is 29.8 Å². The minimum Gasteiger partial charge on any atom is -0.411 e. The van der Waals surface area contributed by atoms with E-state index in [-0.39, 0.29) is 0 Å². The Hall–Kier alpha value is -1.59. The van der Waals surface area contributed by atoms with Crippen LogP contribution < -0.4 is 0 Å². The van der Waals surface area contributed by atoms with Crippen LogP contribution in [0.15, 0.2) is 68.7 Å². The summed E-state index contributed by atoms with van der Waals surface area (Å²) in [6, 6.07) is 18.0. The first-order chi connectivity index (χ1) is 9.81. The van der Waals surface area contributed by atoms with E-state index in [1.807, 2.05) is 42.5 Å². The highest BCUT2D eigenvalue weighted by atomic mass is 79.9. The third-order valence-electron chi connectivity index (χ3n) is 2.70. The lowest BCUT2D eigenvalue weighted by Gasteiger charge is -1.98. The van der Waals surface area contributed by atoms with Crippen molar-refractivity contribution in [3.8, 4) is 11.5 Å². The van der Waals surface area contributed by atoms with Crippen LogP contribution in [-0.4, -0.2) is 10.2 Å². The summed E-state index contributed by atoms with van der Waals surface area (Å²) < 4.78 is 6.73. The summed E-state index contributed by atoms with van der Waals surface area (Å²) in [5, 5.41) is 8.72. The first-order valence-electron chi connectivity index (χ1n) is 6.07. The van der Waals surface area contributed by atoms with Gasteiger partial charge in [0.2, 0.25) is 5.89 Å². The van der Waals surface area contributed by atoms with Gasteiger partial charge in [0.05, 0.1) is 0 Å². The van der Waals surface area contributed by atoms with Crippen LogP contribution in [0.25, 0.3) is 11.5 Å². The van der Waals surface area contributed by atoms with Gasteiger partial charge in [0.1, 0.15) is 0 Å². The highest BCUT2D eigenvalue weighted by molar-refractivity contribution is 9.10. The van der Waals surface area contributed by atoms with Crippen LogP contribution in [0.4, 0.5) is 0 Å². The molecule has 0 saturated carbocycles. The average Bonchev–Trinajstić information content (AvgIpc) is 2.97. The van der Waals surface area contributed by atoms with Gasteiger partial charge in [-0.3, -0.25) is 0 Å². The van der Waals surface area contributed by atoms with E-state index in [0.717, 1.165) is 15.8 Å². The maximum atomic E-state index is 5.65. The maximum Gasteiger partial charge on any atom is 0.277 e. The van der Waals surface area contributed by atoms with Crippen molar-refractivity contribution in [2.45, 2.75) is 11.0 Å². The van der Waals surface area contributed by atoms with Gasteiger partial charge in [0.15, 0.2) is 0 Å². The fraction of sp³-hybridized carbons (Fsp3) is 0.0667. The molecular weight excluding hydrogens is 336 g/mol. The van der Waals surface area contributed by atoms with Gasteiger partial charge in [0.25, 0.3) is 5.22 Å². The molecule has 0 amide bonds. The van der Waals surface area contributed by atoms with Crippen molar-refractivity contribution >= 4 is 27.7 Å². The molecular formula is C15H11BrN2OS. The Morgan fingerprint density at radius 2 is 1.70 bits per heavy atom. The lowest BCUT2D eigenvalue weighted by molar-refractivity contribution is 0.466. The molecule has 0 N–H and O–H groups in total. The van der Waals surface area contributed by atoms with Crippen molar-refractivity contribution in [2.75, 3.05) is 0 Å². The number of aromatic nitrogens is 2. The second kappa shape index (κ2) is 6.24. The summed E-state index contributed by atoms with van der Waals surface area (Å²) >= 11 is 4.96. The van der Waals surface area contributed by atoms with Gasteiger partial charge < -0.3 is 4.42 Å². The summed E-state index contributed by atoms with van der Waals surface area (Å²) in [5.74, 6) is 1.37. The molecule has 3 aromatic rings. The summed E-state index contributed by atoms with van der Waals surface area (Å²) in [5.41, 5.74) is 2.16. The van der Waals surface area contributed by atoms with E-state index >= 15 is 0 Å². The van der Waals surface area contributed by atoms with Gasteiger partial charge in [-0.1, -0.05) is 58.0 Å². The molecule has 1 heterocycles. The third-order valence-corrected chi connectivity index (χ3v) is 4.12. The molecule has 5 heteroatoms. The number of halogens is 1. The van der Waals surface area contributed by atoms with Crippen LogP contribution in [0, 0.1) is 0 Å². The predicted octanol–water partition coefficient (Wildman–Crippen LogP) is 4.79. The zero-order valence-corrected chi connectivity index (χ0v) is 12.9. The Kier molecular flexibility index (Phi) is 4.18. The summed E-state index contributed by atoms with van der Waals surface area (Å²) in [6.45, 7) is 0. The molecule has 0 aliphatic carbocycles. The Bertz CT molecular complexity index is 683. The van der Waals surface area contributed by atoms with E-state index in [9.17, 15) is 0 Å². The molecule has 0 spiro atoms. The van der Waals surface area contributed by atoms with Crippen LogP contribution in [0.1, 0.15) is 5.56 Å². The molecule has 3 nitrogen and oxygen atoms in total. The molecule has 100 valence electrons. The SMILES string of the molecule is Brc1ccc(CSc2nnc(-c3ccccc3)o2)cc1. The fourth-order valence-electron chi connectivity index (χ4n) is 1.69. The Labute approximate surface area is 129 Å². The van der Waals surface area contributed by atoms with Crippen LogP contribution in [-0.2, 0) is 5.75 Å². The van der Waals surface area contributed by atoms with E-state index in [1.54, 1.807) is 0 Å². The second-order valence-electron chi connectivity index (χ2n) is 4.15. The average molecular weight is 347 g/mol. The Morgan fingerprint density at radius 1 is 0.950 bits per heavy atom. The molecule has 0 aliphatic heterocycles. The number of nitrogens with zero attached hydrogens (tertiary/aromatic N) is 2. The summed E-state index contributed by atoms with van der Waals surface area (Å²) in [6.07, 6.45) is 0. The van der Waals surface area contributed by atoms with Crippen molar-refractivity contribution in [1.82, 2.24) is 10.2 Å². The van der Waals surface area contributed by atoms with Crippen molar-refractivity contribution in [3.05, 3.63) is 64.6 Å². The van der Waals surface area contributed by atoms with Crippen LogP contribution in [0.3, 0.4) is 0 Å². The van der Waals surface area contributed by atoms with E-state index in [1.165, 1.54) is 17.3 Å². The van der Waals surface area contributed by atoms with Crippen molar-refractivity contribution < 1.29 is 4.42 Å². The monoisotopic (exact) mass is 346 g/mol. The molecule has 0 bridgehead atoms. The number of benzene rings is 2. The number of hydrogen-bond acceptors (Lipinski definition) is 4. The molecule has 0 saturated heterocycles. The fourth-order valence-corrected chi connectivity index (χ4v) is 2.67. The molecule has 0 atom stereocenters. The zero-order valence-electron chi connectivity index (χ0n) is 10.5. The van der Waals surface area contributed by atoms with Crippen molar-refractivity contribution in [1.29, 1.82) is 0 Å². The van der Waals surface area contributed by atoms with Crippen LogP contribution in [0.2, 0.25) is 0 Å². The Morgan fingerprint density at radius 3 is 2.45 bits per heavy atom. The molecule has 1 aromatic heterocycles. The van der Waals surface area contributed by atoms with E-state index in [4.69, 9.17) is 4.42 Å². The molecule has 20 heavy (non-hydrogen) atoms. The van der Waals surface area contributed by atoms with Gasteiger partial charge in [-0.25, -0.2) is 0 Å². The van der Waals surface area contributed by atoms with Gasteiger partial charge in [-0.2, -0.15) is 0 Å². The predicted molar refractivity (Wildman–Crippen MR) is 83.4 cm³/mol. The first kappa shape index (κ1) is 13.4. The van der Waals surface area contributed by atoms with Gasteiger partial charge in [0, 0.05) is 15.8 Å². The standard InChI is InChI=1S/C15H11BrN2OS/c16-13-8-6-11(7-9-13)10-20-15-18-17-14(19-15)12-4-2-1-3-5-12/h1-9H,10H2. The third kappa shape index (κ3) is 3.29. The largest absolute Gasteiger partial charge is 0.411 e. The summed E-state index contributed by atoms with van der Waals surface area (Å²) in [4.78, 5) is 0. The second-order valence-corrected chi connectivity index (χ2v) is 6.00. The molecule has 0 fully saturated rings. The van der Waals surface area contributed by atoms with E-state index in [0.29, 0.717) is 11.1 Å². The molecule has 0 aliphatic rings. The minimum absolute atomic E-state index is 0.559. The molecule has 3 rings (SSSR count). The highest BCUT2D eigenvalue weighted by Crippen LogP contribution is 2.25. The number of rotatable bonds is 4. The number of thioether (sulfide) groups is 1. The van der Waals surface area contributed by atoms with Crippen LogP contribution >= 0.6 is 27.7 Å². The minimum atomic E-state index is 0.559. The van der Waals surface area contributed by atoms with Crippen molar-refractivity contribution in [3.63, 3.8) is 0 Å². The lowest BCUT2D eigenvalue weighted by Crippen LogP contribution is -1.80. The first-order valence-corrected chi connectivity index (χ1v) is 7.85. The smallest absolute Gasteiger partial charge is 0.277 e. The topological polar surface area (TPSA) is 38.9 Å². The maximum absolute atomic E-state index is 5.65. The molecule has 0 unspecified atom stereocenters. The zero-order chi connectivity index (χ0) is 13.8. The van der Waals surface area contributed by atoms with E-state index < -0.39 is 0 Å². The van der Waals surface area contributed by atoms with Gasteiger partial charge >= 0.3 is 0 Å². The molecule has 2 aromatic carbocycles. The van der Waals surface area contributed by atoms with Crippen LogP contribution in [0.5, 0.6) is 0 Å². The van der Waals surface area contributed by atoms with Gasteiger partial charge in [-0.15, -0.1) is 10.2 Å². The summed E-state index contributed by atoms with van der Waals surface area (Å²) in [7, 11) is 0. The lowest BCUT2D eigenvalue weighted by atomic mass is 10.2. The normalized spacial score (nSPS) is 10.7.